The van der Waals surface area contributed by atoms with Crippen molar-refractivity contribution in [2.24, 2.45) is 0 Å². The van der Waals surface area contributed by atoms with Crippen molar-refractivity contribution in [3.63, 3.8) is 0 Å². The van der Waals surface area contributed by atoms with E-state index in [4.69, 9.17) is 16.6 Å². The van der Waals surface area contributed by atoms with E-state index in [2.05, 4.69) is 5.32 Å². The van der Waals surface area contributed by atoms with Crippen molar-refractivity contribution < 1.29 is 14.1 Å². The van der Waals surface area contributed by atoms with Gasteiger partial charge in [-0.15, -0.1) is 0 Å². The van der Waals surface area contributed by atoms with Crippen molar-refractivity contribution in [1.29, 1.82) is 0 Å². The van der Waals surface area contributed by atoms with Gasteiger partial charge in [-0.1, -0.05) is 36.1 Å². The number of thioether (sulfide) groups is 1. The number of aryl methyl sites for hydroxylation is 1. The van der Waals surface area contributed by atoms with Crippen LogP contribution in [0.5, 0.6) is 0 Å². The van der Waals surface area contributed by atoms with Gasteiger partial charge in [-0.2, -0.15) is 0 Å². The molecule has 2 heterocycles. The predicted octanol–water partition coefficient (Wildman–Crippen LogP) is 3.65. The number of rotatable bonds is 3. The molecule has 23 heavy (non-hydrogen) atoms. The lowest BCUT2D eigenvalue weighted by Gasteiger charge is -2.00. The first-order valence-electron chi connectivity index (χ1n) is 6.54. The molecule has 116 valence electrons. The number of nitro groups is 1. The van der Waals surface area contributed by atoms with E-state index in [1.165, 1.54) is 6.07 Å². The fourth-order valence-electron chi connectivity index (χ4n) is 2.10. The van der Waals surface area contributed by atoms with Crippen LogP contribution >= 0.6 is 24.0 Å². The van der Waals surface area contributed by atoms with Gasteiger partial charge in [-0.05, 0) is 19.1 Å². The van der Waals surface area contributed by atoms with E-state index in [0.29, 0.717) is 31.9 Å². The summed E-state index contributed by atoms with van der Waals surface area (Å²) in [6.07, 6.45) is 1.59. The Morgan fingerprint density at radius 1 is 1.35 bits per heavy atom. The molecule has 0 spiro atoms. The number of hydrogen-bond donors (Lipinski definition) is 1. The quantitative estimate of drug-likeness (QED) is 0.395. The number of carbonyl (C=O) groups is 1. The molecular formula is C15H10N2O4S2. The third kappa shape index (κ3) is 3.17. The lowest BCUT2D eigenvalue weighted by Crippen LogP contribution is -2.17. The molecule has 0 atom stereocenters. The van der Waals surface area contributed by atoms with Gasteiger partial charge in [0, 0.05) is 23.3 Å². The second-order valence-electron chi connectivity index (χ2n) is 4.81. The number of carbonyl (C=O) groups excluding carboxylic acids is 1. The Labute approximate surface area is 140 Å². The molecule has 1 aliphatic heterocycles. The average Bonchev–Trinajstić information content (AvgIpc) is 3.06. The standard InChI is InChI=1S/C15H10N2O4S2/c1-8-2-3-9(6-11(8)17(19)20)12-5-4-10(21-12)7-13-14(18)16-15(22)23-13/h2-7H,1H3,(H,16,18,22)/b13-7+. The third-order valence-electron chi connectivity index (χ3n) is 3.23. The molecule has 2 aromatic rings. The van der Waals surface area contributed by atoms with Gasteiger partial charge < -0.3 is 9.73 Å². The molecule has 0 saturated carbocycles. The molecule has 0 bridgehead atoms. The van der Waals surface area contributed by atoms with Crippen molar-refractivity contribution in [3.05, 3.63) is 56.7 Å². The van der Waals surface area contributed by atoms with Crippen LogP contribution < -0.4 is 5.32 Å². The second-order valence-corrected chi connectivity index (χ2v) is 6.53. The van der Waals surface area contributed by atoms with Crippen LogP contribution in [-0.2, 0) is 4.79 Å². The zero-order chi connectivity index (χ0) is 16.6. The number of hydrogen-bond acceptors (Lipinski definition) is 6. The van der Waals surface area contributed by atoms with Gasteiger partial charge >= 0.3 is 0 Å². The van der Waals surface area contributed by atoms with Gasteiger partial charge in [0.1, 0.15) is 15.8 Å². The van der Waals surface area contributed by atoms with E-state index in [-0.39, 0.29) is 11.6 Å². The summed E-state index contributed by atoms with van der Waals surface area (Å²) in [7, 11) is 0. The van der Waals surface area contributed by atoms with Crippen LogP contribution in [-0.4, -0.2) is 15.2 Å². The summed E-state index contributed by atoms with van der Waals surface area (Å²) in [4.78, 5) is 22.7. The first-order valence-corrected chi connectivity index (χ1v) is 7.76. The molecule has 0 radical (unpaired) electrons. The molecule has 1 aromatic heterocycles. The molecule has 1 N–H and O–H groups in total. The Hall–Kier alpha value is -2.45. The zero-order valence-electron chi connectivity index (χ0n) is 11.9. The summed E-state index contributed by atoms with van der Waals surface area (Å²) < 4.78 is 6.06. The van der Waals surface area contributed by atoms with Crippen LogP contribution in [0.2, 0.25) is 0 Å². The van der Waals surface area contributed by atoms with E-state index in [1.54, 1.807) is 37.3 Å². The van der Waals surface area contributed by atoms with Gasteiger partial charge in [0.25, 0.3) is 11.6 Å². The topological polar surface area (TPSA) is 85.4 Å². The van der Waals surface area contributed by atoms with E-state index < -0.39 is 4.92 Å². The van der Waals surface area contributed by atoms with E-state index >= 15 is 0 Å². The van der Waals surface area contributed by atoms with Crippen LogP contribution in [0.15, 0.2) is 39.7 Å². The van der Waals surface area contributed by atoms with Crippen molar-refractivity contribution in [2.45, 2.75) is 6.92 Å². The molecular weight excluding hydrogens is 336 g/mol. The first-order chi connectivity index (χ1) is 10.9. The Morgan fingerprint density at radius 3 is 2.78 bits per heavy atom. The second kappa shape index (κ2) is 5.98. The Bertz CT molecular complexity index is 870. The summed E-state index contributed by atoms with van der Waals surface area (Å²) in [6.45, 7) is 1.68. The molecule has 0 unspecified atom stereocenters. The van der Waals surface area contributed by atoms with Gasteiger partial charge in [0.2, 0.25) is 0 Å². The maximum absolute atomic E-state index is 11.6. The molecule has 1 saturated heterocycles. The van der Waals surface area contributed by atoms with Crippen LogP contribution in [0.4, 0.5) is 5.69 Å². The minimum atomic E-state index is -0.425. The smallest absolute Gasteiger partial charge is 0.273 e. The summed E-state index contributed by atoms with van der Waals surface area (Å²) in [5, 5.41) is 13.5. The maximum Gasteiger partial charge on any atom is 0.273 e. The number of nitrogens with zero attached hydrogens (tertiary/aromatic N) is 1. The van der Waals surface area contributed by atoms with Crippen LogP contribution in [0.1, 0.15) is 11.3 Å². The number of nitro benzene ring substituents is 1. The number of amides is 1. The summed E-state index contributed by atoms with van der Waals surface area (Å²) >= 11 is 6.08. The van der Waals surface area contributed by atoms with Gasteiger partial charge in [-0.3, -0.25) is 14.9 Å². The third-order valence-corrected chi connectivity index (χ3v) is 4.40. The highest BCUT2D eigenvalue weighted by Gasteiger charge is 2.22. The van der Waals surface area contributed by atoms with E-state index in [9.17, 15) is 14.9 Å². The summed E-state index contributed by atoms with van der Waals surface area (Å²) in [5.41, 5.74) is 1.22. The van der Waals surface area contributed by atoms with Gasteiger partial charge in [-0.25, -0.2) is 0 Å². The highest BCUT2D eigenvalue weighted by atomic mass is 32.2. The monoisotopic (exact) mass is 346 g/mol. The maximum atomic E-state index is 11.6. The Morgan fingerprint density at radius 2 is 2.13 bits per heavy atom. The van der Waals surface area contributed by atoms with Crippen LogP contribution in [0.25, 0.3) is 17.4 Å². The SMILES string of the molecule is Cc1ccc(-c2ccc(/C=C3/SC(=S)NC3=O)o2)cc1[N+](=O)[O-]. The lowest BCUT2D eigenvalue weighted by molar-refractivity contribution is -0.385. The van der Waals surface area contributed by atoms with E-state index in [1.807, 2.05) is 0 Å². The molecule has 1 amide bonds. The average molecular weight is 346 g/mol. The largest absolute Gasteiger partial charge is 0.457 e. The minimum absolute atomic E-state index is 0.0369. The summed E-state index contributed by atoms with van der Waals surface area (Å²) in [6, 6.07) is 8.30. The number of benzene rings is 1. The summed E-state index contributed by atoms with van der Waals surface area (Å²) in [5.74, 6) is 0.709. The molecule has 1 aliphatic rings. The molecule has 8 heteroatoms. The molecule has 6 nitrogen and oxygen atoms in total. The van der Waals surface area contributed by atoms with Gasteiger partial charge in [0.15, 0.2) is 0 Å². The normalized spacial score (nSPS) is 16.0. The van der Waals surface area contributed by atoms with Gasteiger partial charge in [0.05, 0.1) is 9.83 Å². The van der Waals surface area contributed by atoms with Crippen molar-refractivity contribution in [2.75, 3.05) is 0 Å². The molecule has 1 fully saturated rings. The number of thiocarbonyl (C=S) groups is 1. The molecule has 1 aromatic carbocycles. The highest BCUT2D eigenvalue weighted by molar-refractivity contribution is 8.26. The zero-order valence-corrected chi connectivity index (χ0v) is 13.5. The lowest BCUT2D eigenvalue weighted by atomic mass is 10.1. The molecule has 3 rings (SSSR count). The Balaban J connectivity index is 1.92. The molecule has 0 aliphatic carbocycles. The fraction of sp³-hybridized carbons (Fsp3) is 0.0667. The Kier molecular flexibility index (Phi) is 4.01. The minimum Gasteiger partial charge on any atom is -0.457 e. The number of nitrogens with one attached hydrogen (secondary N) is 1. The van der Waals surface area contributed by atoms with Crippen molar-refractivity contribution in [1.82, 2.24) is 5.32 Å². The van der Waals surface area contributed by atoms with Crippen LogP contribution in [0, 0.1) is 17.0 Å². The fourth-order valence-corrected chi connectivity index (χ4v) is 3.12. The van der Waals surface area contributed by atoms with E-state index in [0.717, 1.165) is 11.8 Å². The number of furan rings is 1. The first kappa shape index (κ1) is 15.4. The van der Waals surface area contributed by atoms with Crippen molar-refractivity contribution in [3.8, 4) is 11.3 Å². The van der Waals surface area contributed by atoms with Crippen LogP contribution in [0.3, 0.4) is 0 Å². The highest BCUT2D eigenvalue weighted by Crippen LogP contribution is 2.30. The predicted molar refractivity (Wildman–Crippen MR) is 91.8 cm³/mol. The van der Waals surface area contributed by atoms with Crippen molar-refractivity contribution >= 4 is 46.0 Å².